The number of fused-ring (bicyclic) bond motifs is 1. The lowest BCUT2D eigenvalue weighted by atomic mass is 10.0. The van der Waals surface area contributed by atoms with Gasteiger partial charge in [0.1, 0.15) is 5.58 Å². The van der Waals surface area contributed by atoms with Crippen molar-refractivity contribution in [1.82, 2.24) is 0 Å². The Balaban J connectivity index is 1.69. The minimum atomic E-state index is -0.0588. The first-order chi connectivity index (χ1) is 12.2. The van der Waals surface area contributed by atoms with Crippen LogP contribution in [0, 0.1) is 0 Å². The van der Waals surface area contributed by atoms with Crippen LogP contribution in [-0.4, -0.2) is 5.91 Å². The number of para-hydroxylation sites is 2. The first-order valence-electron chi connectivity index (χ1n) is 8.14. The van der Waals surface area contributed by atoms with Crippen LogP contribution in [0.1, 0.15) is 12.8 Å². The molecule has 3 nitrogen and oxygen atoms in total. The molecule has 0 spiro atoms. The number of hydrogen-bond donors (Lipinski definition) is 1. The average Bonchev–Trinajstić information content (AvgIpc) is 3.07. The molecule has 0 atom stereocenters. The molecule has 0 bridgehead atoms. The number of allylic oxidation sites excluding steroid dienone is 3. The molecule has 0 saturated carbocycles. The lowest BCUT2D eigenvalue weighted by Crippen LogP contribution is -2.16. The van der Waals surface area contributed by atoms with E-state index >= 15 is 0 Å². The van der Waals surface area contributed by atoms with Crippen molar-refractivity contribution in [2.45, 2.75) is 12.8 Å². The molecule has 1 N–H and O–H groups in total. The van der Waals surface area contributed by atoms with Gasteiger partial charge in [0, 0.05) is 27.8 Å². The summed E-state index contributed by atoms with van der Waals surface area (Å²) in [5, 5.41) is 4.09. The summed E-state index contributed by atoms with van der Waals surface area (Å²) in [6.45, 7) is 0. The molecule has 1 amide bonds. The fourth-order valence-electron chi connectivity index (χ4n) is 3.02. The molecular weight excluding hydrogens is 378 g/mol. The van der Waals surface area contributed by atoms with Gasteiger partial charge in [-0.15, -0.1) is 0 Å². The molecule has 2 aromatic carbocycles. The van der Waals surface area contributed by atoms with E-state index in [9.17, 15) is 4.79 Å². The molecule has 4 heteroatoms. The maximum atomic E-state index is 12.6. The summed E-state index contributed by atoms with van der Waals surface area (Å²) in [6, 6.07) is 15.7. The predicted molar refractivity (Wildman–Crippen MR) is 105 cm³/mol. The van der Waals surface area contributed by atoms with Crippen LogP contribution in [0.15, 0.2) is 81.4 Å². The number of halogens is 1. The van der Waals surface area contributed by atoms with Crippen LogP contribution in [0.5, 0.6) is 0 Å². The molecule has 124 valence electrons. The van der Waals surface area contributed by atoms with E-state index < -0.39 is 0 Å². The molecule has 0 saturated heterocycles. The number of rotatable bonds is 3. The highest BCUT2D eigenvalue weighted by molar-refractivity contribution is 9.11. The fraction of sp³-hybridized carbons (Fsp3) is 0.0952. The van der Waals surface area contributed by atoms with Crippen LogP contribution in [0.3, 0.4) is 0 Å². The van der Waals surface area contributed by atoms with Gasteiger partial charge < -0.3 is 9.73 Å². The smallest absolute Gasteiger partial charge is 0.251 e. The van der Waals surface area contributed by atoms with E-state index in [2.05, 4.69) is 21.2 Å². The molecule has 0 fully saturated rings. The number of carbonyl (C=O) groups is 1. The summed E-state index contributed by atoms with van der Waals surface area (Å²) in [5.41, 5.74) is 4.34. The Morgan fingerprint density at radius 2 is 1.76 bits per heavy atom. The molecule has 1 heterocycles. The zero-order valence-corrected chi connectivity index (χ0v) is 15.0. The summed E-state index contributed by atoms with van der Waals surface area (Å²) >= 11 is 3.47. The van der Waals surface area contributed by atoms with Gasteiger partial charge in [0.05, 0.1) is 6.26 Å². The van der Waals surface area contributed by atoms with Crippen molar-refractivity contribution >= 4 is 38.5 Å². The normalized spacial score (nSPS) is 14.1. The Labute approximate surface area is 154 Å². The highest BCUT2D eigenvalue weighted by atomic mass is 79.9. The molecule has 0 aliphatic heterocycles. The summed E-state index contributed by atoms with van der Waals surface area (Å²) in [4.78, 5) is 12.6. The molecule has 3 aromatic rings. The molecule has 25 heavy (non-hydrogen) atoms. The topological polar surface area (TPSA) is 42.2 Å². The first-order valence-corrected chi connectivity index (χ1v) is 8.94. The second kappa shape index (κ2) is 6.73. The third-order valence-electron chi connectivity index (χ3n) is 4.34. The zero-order valence-electron chi connectivity index (χ0n) is 13.5. The van der Waals surface area contributed by atoms with Crippen LogP contribution in [0.4, 0.5) is 5.69 Å². The van der Waals surface area contributed by atoms with Crippen molar-refractivity contribution in [3.63, 3.8) is 0 Å². The Morgan fingerprint density at radius 3 is 2.60 bits per heavy atom. The average molecular weight is 394 g/mol. The Bertz CT molecular complexity index is 1010. The number of amides is 1. The minimum Gasteiger partial charge on any atom is -0.464 e. The third kappa shape index (κ3) is 3.17. The second-order valence-electron chi connectivity index (χ2n) is 5.95. The standard InChI is InChI=1S/C21H16BrNO2/c22-15-11-9-14(10-12-15)21(24)23-19-7-3-1-5-16(19)18-13-25-20-8-4-2-6-17(18)20/h1-9,11,13H,10,12H2,(H,23,24). The van der Waals surface area contributed by atoms with Gasteiger partial charge in [0.15, 0.2) is 0 Å². The van der Waals surface area contributed by atoms with Gasteiger partial charge >= 0.3 is 0 Å². The quantitative estimate of drug-likeness (QED) is 0.589. The summed E-state index contributed by atoms with van der Waals surface area (Å²) in [5.74, 6) is -0.0588. The molecule has 1 aliphatic carbocycles. The monoisotopic (exact) mass is 393 g/mol. The number of nitrogens with one attached hydrogen (secondary N) is 1. The van der Waals surface area contributed by atoms with E-state index in [0.29, 0.717) is 0 Å². The Kier molecular flexibility index (Phi) is 4.28. The van der Waals surface area contributed by atoms with Crippen molar-refractivity contribution in [3.05, 3.63) is 77.0 Å². The maximum Gasteiger partial charge on any atom is 0.251 e. The van der Waals surface area contributed by atoms with Crippen molar-refractivity contribution in [2.24, 2.45) is 0 Å². The molecule has 0 unspecified atom stereocenters. The van der Waals surface area contributed by atoms with E-state index in [4.69, 9.17) is 4.42 Å². The SMILES string of the molecule is O=C(Nc1ccccc1-c1coc2ccccc12)C1=CC=C(Br)CC1. The molecular formula is C21H16BrNO2. The zero-order chi connectivity index (χ0) is 17.2. The van der Waals surface area contributed by atoms with Crippen molar-refractivity contribution in [3.8, 4) is 11.1 Å². The van der Waals surface area contributed by atoms with Gasteiger partial charge in [-0.1, -0.05) is 64.5 Å². The van der Waals surface area contributed by atoms with Crippen LogP contribution >= 0.6 is 15.9 Å². The molecule has 4 rings (SSSR count). The number of benzene rings is 2. The fourth-order valence-corrected chi connectivity index (χ4v) is 3.35. The lowest BCUT2D eigenvalue weighted by Gasteiger charge is -2.14. The van der Waals surface area contributed by atoms with Gasteiger partial charge in [0.25, 0.3) is 5.91 Å². The summed E-state index contributed by atoms with van der Waals surface area (Å²) in [6.07, 6.45) is 7.15. The number of furan rings is 1. The first kappa shape index (κ1) is 15.9. The molecule has 1 aromatic heterocycles. The second-order valence-corrected chi connectivity index (χ2v) is 6.97. The number of hydrogen-bond acceptors (Lipinski definition) is 2. The molecule has 0 radical (unpaired) electrons. The number of carbonyl (C=O) groups excluding carboxylic acids is 1. The Hall–Kier alpha value is -2.59. The van der Waals surface area contributed by atoms with Crippen molar-refractivity contribution < 1.29 is 9.21 Å². The van der Waals surface area contributed by atoms with Crippen LogP contribution in [0.25, 0.3) is 22.1 Å². The van der Waals surface area contributed by atoms with Gasteiger partial charge in [-0.05, 0) is 29.5 Å². The third-order valence-corrected chi connectivity index (χ3v) is 5.00. The highest BCUT2D eigenvalue weighted by Crippen LogP contribution is 2.35. The Morgan fingerprint density at radius 1 is 0.960 bits per heavy atom. The largest absolute Gasteiger partial charge is 0.464 e. The van der Waals surface area contributed by atoms with Gasteiger partial charge in [-0.25, -0.2) is 0 Å². The molecule has 1 aliphatic rings. The summed E-state index contributed by atoms with van der Waals surface area (Å²) in [7, 11) is 0. The minimum absolute atomic E-state index is 0.0588. The predicted octanol–water partition coefficient (Wildman–Crippen LogP) is 6.04. The van der Waals surface area contributed by atoms with E-state index in [1.165, 1.54) is 0 Å². The summed E-state index contributed by atoms with van der Waals surface area (Å²) < 4.78 is 6.77. The van der Waals surface area contributed by atoms with Crippen LogP contribution in [0.2, 0.25) is 0 Å². The van der Waals surface area contributed by atoms with E-state index in [1.54, 1.807) is 6.26 Å². The van der Waals surface area contributed by atoms with Crippen molar-refractivity contribution in [2.75, 3.05) is 5.32 Å². The maximum absolute atomic E-state index is 12.6. The van der Waals surface area contributed by atoms with Crippen LogP contribution < -0.4 is 5.32 Å². The van der Waals surface area contributed by atoms with E-state index in [0.717, 1.165) is 50.7 Å². The van der Waals surface area contributed by atoms with E-state index in [-0.39, 0.29) is 5.91 Å². The van der Waals surface area contributed by atoms with E-state index in [1.807, 2.05) is 60.7 Å². The van der Waals surface area contributed by atoms with Crippen molar-refractivity contribution in [1.29, 1.82) is 0 Å². The van der Waals surface area contributed by atoms with Crippen LogP contribution in [-0.2, 0) is 4.79 Å². The van der Waals surface area contributed by atoms with Gasteiger partial charge in [-0.3, -0.25) is 4.79 Å². The van der Waals surface area contributed by atoms with Gasteiger partial charge in [-0.2, -0.15) is 0 Å². The lowest BCUT2D eigenvalue weighted by molar-refractivity contribution is -0.113. The highest BCUT2D eigenvalue weighted by Gasteiger charge is 2.16. The number of anilines is 1. The van der Waals surface area contributed by atoms with Gasteiger partial charge in [0.2, 0.25) is 0 Å².